The molecule has 0 saturated carbocycles. The molecule has 0 fully saturated rings. The number of carbonyl (C=O) groups excluding carboxylic acids is 1. The molecule has 1 rings (SSSR count). The van der Waals surface area contributed by atoms with Gasteiger partial charge in [0.25, 0.3) is 0 Å². The zero-order valence-corrected chi connectivity index (χ0v) is 11.2. The Morgan fingerprint density at radius 2 is 2.00 bits per heavy atom. The molecule has 1 aromatic rings. The van der Waals surface area contributed by atoms with Gasteiger partial charge in [-0.05, 0) is 15.9 Å². The lowest BCUT2D eigenvalue weighted by atomic mass is 9.92. The minimum absolute atomic E-state index is 0.108. The molecule has 15 heavy (non-hydrogen) atoms. The summed E-state index contributed by atoms with van der Waals surface area (Å²) in [5.74, 6) is -0.382. The third-order valence-electron chi connectivity index (χ3n) is 2.08. The van der Waals surface area contributed by atoms with Crippen LogP contribution in [0.5, 0.6) is 0 Å². The molecule has 0 aliphatic rings. The predicted octanol–water partition coefficient (Wildman–Crippen LogP) is 2.27. The molecule has 0 aromatic carbocycles. The lowest BCUT2D eigenvalue weighted by Crippen LogP contribution is -2.13. The molecule has 0 aliphatic carbocycles. The van der Waals surface area contributed by atoms with E-state index in [1.807, 2.05) is 20.8 Å². The van der Waals surface area contributed by atoms with E-state index in [1.165, 1.54) is 11.8 Å². The van der Waals surface area contributed by atoms with E-state index in [2.05, 4.69) is 21.0 Å². The van der Waals surface area contributed by atoms with Gasteiger partial charge in [-0.15, -0.1) is 0 Å². The summed E-state index contributed by atoms with van der Waals surface area (Å²) >= 11 is 3.40. The van der Waals surface area contributed by atoms with Gasteiger partial charge in [0.05, 0.1) is 17.3 Å². The Morgan fingerprint density at radius 1 is 1.47 bits per heavy atom. The normalized spacial score (nSPS) is 11.6. The Bertz CT molecular complexity index is 391. The highest BCUT2D eigenvalue weighted by Gasteiger charge is 2.27. The molecule has 0 radical (unpaired) electrons. The van der Waals surface area contributed by atoms with Gasteiger partial charge in [-0.1, -0.05) is 20.8 Å². The first-order chi connectivity index (χ1) is 6.79. The van der Waals surface area contributed by atoms with Gasteiger partial charge in [0, 0.05) is 12.5 Å². The van der Waals surface area contributed by atoms with Gasteiger partial charge in [0.2, 0.25) is 0 Å². The maximum Gasteiger partial charge on any atom is 0.357 e. The van der Waals surface area contributed by atoms with Crippen molar-refractivity contribution in [3.8, 4) is 0 Å². The number of hydrogen-bond acceptors (Lipinski definition) is 3. The summed E-state index contributed by atoms with van der Waals surface area (Å²) < 4.78 is 6.94. The molecule has 0 saturated heterocycles. The van der Waals surface area contributed by atoms with Crippen molar-refractivity contribution in [1.82, 2.24) is 9.78 Å². The summed E-state index contributed by atoms with van der Waals surface area (Å²) in [6.07, 6.45) is 0. The topological polar surface area (TPSA) is 44.1 Å². The van der Waals surface area contributed by atoms with Gasteiger partial charge in [-0.25, -0.2) is 4.79 Å². The maximum absolute atomic E-state index is 11.5. The van der Waals surface area contributed by atoms with Gasteiger partial charge in [0.15, 0.2) is 5.69 Å². The predicted molar refractivity (Wildman–Crippen MR) is 60.9 cm³/mol. The summed E-state index contributed by atoms with van der Waals surface area (Å²) in [7, 11) is 3.09. The number of aryl methyl sites for hydroxylation is 1. The molecule has 4 nitrogen and oxygen atoms in total. The number of halogens is 1. The molecular formula is C10H15BrN2O2. The number of methoxy groups -OCH3 is 1. The van der Waals surface area contributed by atoms with E-state index in [1.54, 1.807) is 7.05 Å². The second kappa shape index (κ2) is 3.96. The summed E-state index contributed by atoms with van der Waals surface area (Å²) in [5, 5.41) is 4.32. The van der Waals surface area contributed by atoms with Crippen molar-refractivity contribution in [3.63, 3.8) is 0 Å². The first-order valence-corrected chi connectivity index (χ1v) is 5.39. The van der Waals surface area contributed by atoms with Crippen molar-refractivity contribution in [2.24, 2.45) is 7.05 Å². The number of esters is 1. The molecule has 5 heteroatoms. The van der Waals surface area contributed by atoms with Crippen molar-refractivity contribution in [2.75, 3.05) is 7.11 Å². The highest BCUT2D eigenvalue weighted by atomic mass is 79.9. The highest BCUT2D eigenvalue weighted by molar-refractivity contribution is 9.10. The van der Waals surface area contributed by atoms with Crippen molar-refractivity contribution >= 4 is 21.9 Å². The maximum atomic E-state index is 11.5. The molecular weight excluding hydrogens is 260 g/mol. The third kappa shape index (κ3) is 2.22. The van der Waals surface area contributed by atoms with Crippen molar-refractivity contribution in [2.45, 2.75) is 26.2 Å². The minimum atomic E-state index is -0.382. The number of aromatic nitrogens is 2. The number of hydrogen-bond donors (Lipinski definition) is 0. The summed E-state index contributed by atoms with van der Waals surface area (Å²) in [4.78, 5) is 11.5. The lowest BCUT2D eigenvalue weighted by Gasteiger charge is -2.15. The van der Waals surface area contributed by atoms with Crippen LogP contribution in [0.4, 0.5) is 0 Å². The molecule has 1 aromatic heterocycles. The number of rotatable bonds is 1. The van der Waals surface area contributed by atoms with E-state index < -0.39 is 0 Å². The largest absolute Gasteiger partial charge is 0.464 e. The Labute approximate surface area is 97.7 Å². The molecule has 1 heterocycles. The smallest absolute Gasteiger partial charge is 0.357 e. The van der Waals surface area contributed by atoms with E-state index in [9.17, 15) is 4.79 Å². The number of carbonyl (C=O) groups is 1. The second-order valence-electron chi connectivity index (χ2n) is 4.38. The summed E-state index contributed by atoms with van der Waals surface area (Å²) in [5.41, 5.74) is 1.19. The fourth-order valence-electron chi connectivity index (χ4n) is 1.30. The zero-order chi connectivity index (χ0) is 11.8. The molecule has 0 atom stereocenters. The van der Waals surface area contributed by atoms with Crippen molar-refractivity contribution in [1.29, 1.82) is 0 Å². The monoisotopic (exact) mass is 274 g/mol. The standard InChI is InChI=1S/C10H15BrN2O2/c1-10(2,3)8-6(11)7(9(14)15-5)13(4)12-8/h1-5H3. The lowest BCUT2D eigenvalue weighted by molar-refractivity contribution is 0.0587. The van der Waals surface area contributed by atoms with Gasteiger partial charge >= 0.3 is 5.97 Å². The molecule has 0 aliphatic heterocycles. The molecule has 0 unspecified atom stereocenters. The Balaban J connectivity index is 3.33. The molecule has 0 N–H and O–H groups in total. The SMILES string of the molecule is COC(=O)c1c(Br)c(C(C)(C)C)nn1C. The minimum Gasteiger partial charge on any atom is -0.464 e. The average molecular weight is 275 g/mol. The van der Waals surface area contributed by atoms with Crippen LogP contribution in [0.15, 0.2) is 4.47 Å². The van der Waals surface area contributed by atoms with Crippen LogP contribution >= 0.6 is 15.9 Å². The van der Waals surface area contributed by atoms with Gasteiger partial charge in [0.1, 0.15) is 0 Å². The first kappa shape index (κ1) is 12.2. The quantitative estimate of drug-likeness (QED) is 0.738. The number of ether oxygens (including phenoxy) is 1. The van der Waals surface area contributed by atoms with Crippen molar-refractivity contribution < 1.29 is 9.53 Å². The van der Waals surface area contributed by atoms with E-state index in [0.29, 0.717) is 10.2 Å². The van der Waals surface area contributed by atoms with E-state index in [-0.39, 0.29) is 11.4 Å². The average Bonchev–Trinajstić information content (AvgIpc) is 2.40. The molecule has 0 bridgehead atoms. The van der Waals surface area contributed by atoms with Gasteiger partial charge < -0.3 is 4.74 Å². The fourth-order valence-corrected chi connectivity index (χ4v) is 2.39. The van der Waals surface area contributed by atoms with Gasteiger partial charge in [-0.2, -0.15) is 5.10 Å². The van der Waals surface area contributed by atoms with Crippen LogP contribution in [0.25, 0.3) is 0 Å². The van der Waals surface area contributed by atoms with Crippen LogP contribution in [-0.2, 0) is 17.2 Å². The van der Waals surface area contributed by atoms with Crippen LogP contribution in [0, 0.1) is 0 Å². The molecule has 84 valence electrons. The van der Waals surface area contributed by atoms with Gasteiger partial charge in [-0.3, -0.25) is 4.68 Å². The Morgan fingerprint density at radius 3 is 2.33 bits per heavy atom. The molecule has 0 amide bonds. The Kier molecular flexibility index (Phi) is 3.23. The van der Waals surface area contributed by atoms with Crippen LogP contribution in [0.1, 0.15) is 37.0 Å². The van der Waals surface area contributed by atoms with Crippen LogP contribution in [-0.4, -0.2) is 22.9 Å². The summed E-state index contributed by atoms with van der Waals surface area (Å²) in [6, 6.07) is 0. The van der Waals surface area contributed by atoms with E-state index in [4.69, 9.17) is 4.74 Å². The van der Waals surface area contributed by atoms with Crippen LogP contribution in [0.3, 0.4) is 0 Å². The van der Waals surface area contributed by atoms with E-state index in [0.717, 1.165) is 5.69 Å². The Hall–Kier alpha value is -0.840. The fraction of sp³-hybridized carbons (Fsp3) is 0.600. The summed E-state index contributed by atoms with van der Waals surface area (Å²) in [6.45, 7) is 6.13. The van der Waals surface area contributed by atoms with Crippen molar-refractivity contribution in [3.05, 3.63) is 15.9 Å². The third-order valence-corrected chi connectivity index (χ3v) is 2.83. The van der Waals surface area contributed by atoms with Crippen LogP contribution < -0.4 is 0 Å². The number of nitrogens with zero attached hydrogens (tertiary/aromatic N) is 2. The highest BCUT2D eigenvalue weighted by Crippen LogP contribution is 2.31. The first-order valence-electron chi connectivity index (χ1n) is 4.60. The van der Waals surface area contributed by atoms with Crippen LogP contribution in [0.2, 0.25) is 0 Å². The second-order valence-corrected chi connectivity index (χ2v) is 5.17. The zero-order valence-electron chi connectivity index (χ0n) is 9.59. The van der Waals surface area contributed by atoms with E-state index >= 15 is 0 Å². The molecule has 0 spiro atoms.